The molecule has 1 aliphatic heterocycles. The molecule has 7 nitrogen and oxygen atoms in total. The summed E-state index contributed by atoms with van der Waals surface area (Å²) in [4.78, 5) is 18.6. The molecule has 4 heterocycles. The first-order valence-electron chi connectivity index (χ1n) is 8.49. The van der Waals surface area contributed by atoms with Crippen LogP contribution in [0.25, 0.3) is 11.0 Å². The first-order valence-corrected chi connectivity index (χ1v) is 8.49. The highest BCUT2D eigenvalue weighted by Gasteiger charge is 2.33. The molecule has 7 heteroatoms. The summed E-state index contributed by atoms with van der Waals surface area (Å²) >= 11 is 0. The molecule has 0 saturated heterocycles. The zero-order chi connectivity index (χ0) is 16.8. The molecule has 0 bridgehead atoms. The van der Waals surface area contributed by atoms with E-state index < -0.39 is 0 Å². The Morgan fingerprint density at radius 3 is 3.04 bits per heavy atom. The molecule has 0 fully saturated rings. The quantitative estimate of drug-likeness (QED) is 0.537. The van der Waals surface area contributed by atoms with Gasteiger partial charge in [0.15, 0.2) is 0 Å². The molecule has 1 aromatic carbocycles. The molecule has 3 N–H and O–H groups in total. The molecule has 0 aliphatic carbocycles. The van der Waals surface area contributed by atoms with E-state index in [4.69, 9.17) is 4.98 Å². The van der Waals surface area contributed by atoms with Crippen molar-refractivity contribution < 1.29 is 0 Å². The number of nitrogens with one attached hydrogen (secondary N) is 3. The van der Waals surface area contributed by atoms with E-state index >= 15 is 0 Å². The molecular formula is C18H19N7. The number of hydrogen-bond acceptors (Lipinski definition) is 4. The SMILES string of the molecule is Cc1cc(CN2CCc3[nH]cnc3[C@H]2c2nc3ccccc3[nH]2)n[nH]1. The molecule has 5 rings (SSSR count). The van der Waals surface area contributed by atoms with Gasteiger partial charge in [-0.2, -0.15) is 5.10 Å². The van der Waals surface area contributed by atoms with Crippen LogP contribution in [0, 0.1) is 6.92 Å². The Labute approximate surface area is 144 Å². The molecule has 0 amide bonds. The van der Waals surface area contributed by atoms with Crippen LogP contribution < -0.4 is 0 Å². The van der Waals surface area contributed by atoms with Crippen LogP contribution in [-0.2, 0) is 13.0 Å². The van der Waals surface area contributed by atoms with E-state index in [0.29, 0.717) is 0 Å². The number of hydrogen-bond donors (Lipinski definition) is 3. The van der Waals surface area contributed by atoms with Crippen molar-refractivity contribution in [3.05, 3.63) is 65.3 Å². The number of H-pyrrole nitrogens is 3. The van der Waals surface area contributed by atoms with Crippen molar-refractivity contribution in [1.29, 1.82) is 0 Å². The van der Waals surface area contributed by atoms with Gasteiger partial charge in [0.05, 0.1) is 28.7 Å². The third-order valence-corrected chi connectivity index (χ3v) is 4.82. The second-order valence-corrected chi connectivity index (χ2v) is 6.57. The lowest BCUT2D eigenvalue weighted by Gasteiger charge is -2.33. The monoisotopic (exact) mass is 333 g/mol. The van der Waals surface area contributed by atoms with Crippen molar-refractivity contribution in [3.8, 4) is 0 Å². The molecule has 0 unspecified atom stereocenters. The molecule has 0 radical (unpaired) electrons. The van der Waals surface area contributed by atoms with Gasteiger partial charge in [0.1, 0.15) is 11.9 Å². The minimum Gasteiger partial charge on any atom is -0.348 e. The van der Waals surface area contributed by atoms with Crippen LogP contribution in [0.15, 0.2) is 36.7 Å². The van der Waals surface area contributed by atoms with Crippen LogP contribution in [-0.4, -0.2) is 41.6 Å². The molecule has 4 aromatic rings. The number of rotatable bonds is 3. The van der Waals surface area contributed by atoms with E-state index in [2.05, 4.69) is 42.2 Å². The number of para-hydroxylation sites is 2. The Balaban J connectivity index is 1.58. The predicted molar refractivity (Wildman–Crippen MR) is 94.0 cm³/mol. The van der Waals surface area contributed by atoms with Gasteiger partial charge in [-0.05, 0) is 25.1 Å². The third kappa shape index (κ3) is 2.44. The second-order valence-electron chi connectivity index (χ2n) is 6.57. The Bertz CT molecular complexity index is 992. The summed E-state index contributed by atoms with van der Waals surface area (Å²) < 4.78 is 0. The maximum Gasteiger partial charge on any atom is 0.130 e. The fourth-order valence-electron chi connectivity index (χ4n) is 3.66. The smallest absolute Gasteiger partial charge is 0.130 e. The largest absolute Gasteiger partial charge is 0.348 e. The summed E-state index contributed by atoms with van der Waals surface area (Å²) in [7, 11) is 0. The zero-order valence-electron chi connectivity index (χ0n) is 14.0. The first-order chi connectivity index (χ1) is 12.3. The number of imidazole rings is 2. The van der Waals surface area contributed by atoms with Gasteiger partial charge >= 0.3 is 0 Å². The highest BCUT2D eigenvalue weighted by Crippen LogP contribution is 2.33. The number of benzene rings is 1. The van der Waals surface area contributed by atoms with Gasteiger partial charge in [0, 0.05) is 30.9 Å². The summed E-state index contributed by atoms with van der Waals surface area (Å²) in [5.74, 6) is 0.932. The van der Waals surface area contributed by atoms with Crippen LogP contribution in [0.1, 0.15) is 34.6 Å². The third-order valence-electron chi connectivity index (χ3n) is 4.82. The van der Waals surface area contributed by atoms with E-state index in [1.54, 1.807) is 6.33 Å². The topological polar surface area (TPSA) is 89.3 Å². The van der Waals surface area contributed by atoms with Gasteiger partial charge in [0.2, 0.25) is 0 Å². The fraction of sp³-hybridized carbons (Fsp3) is 0.278. The summed E-state index contributed by atoms with van der Waals surface area (Å²) in [5.41, 5.74) is 6.40. The highest BCUT2D eigenvalue weighted by molar-refractivity contribution is 5.75. The average molecular weight is 333 g/mol. The predicted octanol–water partition coefficient (Wildman–Crippen LogP) is 2.47. The number of aromatic amines is 3. The Morgan fingerprint density at radius 2 is 2.20 bits per heavy atom. The molecule has 0 saturated carbocycles. The standard InChI is InChI=1S/C18H19N7/c1-11-8-12(24-23-11)9-25-7-6-15-16(20-10-19-15)17(25)18-21-13-4-2-3-5-14(13)22-18/h2-5,8,10,17H,6-7,9H2,1H3,(H,19,20)(H,21,22)(H,23,24)/t17-/m0/s1. The van der Waals surface area contributed by atoms with Gasteiger partial charge < -0.3 is 9.97 Å². The average Bonchev–Trinajstić information content (AvgIpc) is 3.33. The highest BCUT2D eigenvalue weighted by atomic mass is 15.2. The van der Waals surface area contributed by atoms with E-state index in [-0.39, 0.29) is 6.04 Å². The molecule has 25 heavy (non-hydrogen) atoms. The van der Waals surface area contributed by atoms with Gasteiger partial charge in [-0.3, -0.25) is 10.00 Å². The summed E-state index contributed by atoms with van der Waals surface area (Å²) in [6.45, 7) is 3.72. The van der Waals surface area contributed by atoms with Gasteiger partial charge in [-0.15, -0.1) is 0 Å². The molecular weight excluding hydrogens is 314 g/mol. The van der Waals surface area contributed by atoms with Crippen molar-refractivity contribution >= 4 is 11.0 Å². The molecule has 0 spiro atoms. The normalized spacial score (nSPS) is 17.9. The lowest BCUT2D eigenvalue weighted by Crippen LogP contribution is -2.36. The van der Waals surface area contributed by atoms with Crippen molar-refractivity contribution in [1.82, 2.24) is 35.0 Å². The summed E-state index contributed by atoms with van der Waals surface area (Å²) in [6, 6.07) is 10.2. The minimum absolute atomic E-state index is 0.000550. The maximum atomic E-state index is 4.83. The first kappa shape index (κ1) is 14.4. The Kier molecular flexibility index (Phi) is 3.21. The van der Waals surface area contributed by atoms with Gasteiger partial charge in [-0.25, -0.2) is 9.97 Å². The van der Waals surface area contributed by atoms with Crippen LogP contribution >= 0.6 is 0 Å². The molecule has 1 aliphatic rings. The summed E-state index contributed by atoms with van der Waals surface area (Å²) in [5, 5.41) is 7.43. The molecule has 1 atom stereocenters. The van der Waals surface area contributed by atoms with Gasteiger partial charge in [-0.1, -0.05) is 12.1 Å². The van der Waals surface area contributed by atoms with E-state index in [1.165, 1.54) is 5.69 Å². The van der Waals surface area contributed by atoms with Crippen molar-refractivity contribution in [3.63, 3.8) is 0 Å². The number of aromatic nitrogens is 6. The lowest BCUT2D eigenvalue weighted by molar-refractivity contribution is 0.192. The number of fused-ring (bicyclic) bond motifs is 2. The Morgan fingerprint density at radius 1 is 1.28 bits per heavy atom. The van der Waals surface area contributed by atoms with E-state index in [9.17, 15) is 0 Å². The van der Waals surface area contributed by atoms with E-state index in [0.717, 1.165) is 53.4 Å². The van der Waals surface area contributed by atoms with Crippen LogP contribution in [0.3, 0.4) is 0 Å². The molecule has 126 valence electrons. The van der Waals surface area contributed by atoms with Crippen molar-refractivity contribution in [2.45, 2.75) is 25.9 Å². The summed E-state index contributed by atoms with van der Waals surface area (Å²) in [6.07, 6.45) is 2.73. The lowest BCUT2D eigenvalue weighted by atomic mass is 10.0. The van der Waals surface area contributed by atoms with Crippen molar-refractivity contribution in [2.75, 3.05) is 6.54 Å². The minimum atomic E-state index is -0.000550. The number of aryl methyl sites for hydroxylation is 1. The zero-order valence-corrected chi connectivity index (χ0v) is 14.0. The maximum absolute atomic E-state index is 4.83. The van der Waals surface area contributed by atoms with Crippen molar-refractivity contribution in [2.24, 2.45) is 0 Å². The fourth-order valence-corrected chi connectivity index (χ4v) is 3.66. The number of nitrogens with zero attached hydrogens (tertiary/aromatic N) is 4. The van der Waals surface area contributed by atoms with E-state index in [1.807, 2.05) is 25.1 Å². The Hall–Kier alpha value is -2.93. The van der Waals surface area contributed by atoms with Crippen LogP contribution in [0.4, 0.5) is 0 Å². The van der Waals surface area contributed by atoms with Gasteiger partial charge in [0.25, 0.3) is 0 Å². The molecule has 3 aromatic heterocycles. The second kappa shape index (κ2) is 5.56. The van der Waals surface area contributed by atoms with Crippen LogP contribution in [0.5, 0.6) is 0 Å². The van der Waals surface area contributed by atoms with Crippen LogP contribution in [0.2, 0.25) is 0 Å².